The molecule has 1 heterocycles. The van der Waals surface area contributed by atoms with Gasteiger partial charge < -0.3 is 24.1 Å². The van der Waals surface area contributed by atoms with Gasteiger partial charge in [0.25, 0.3) is 0 Å². The van der Waals surface area contributed by atoms with Crippen LogP contribution >= 0.6 is 0 Å². The summed E-state index contributed by atoms with van der Waals surface area (Å²) in [4.78, 5) is 12.2. The van der Waals surface area contributed by atoms with E-state index in [1.807, 2.05) is 92.7 Å². The number of hydrogen-bond donors (Lipinski definition) is 1. The van der Waals surface area contributed by atoms with Gasteiger partial charge in [-0.3, -0.25) is 0 Å². The number of amides is 1. The van der Waals surface area contributed by atoms with Crippen molar-refractivity contribution in [3.63, 3.8) is 0 Å². The second kappa shape index (κ2) is 9.02. The minimum Gasteiger partial charge on any atom is -0.491 e. The van der Waals surface area contributed by atoms with E-state index in [2.05, 4.69) is 5.32 Å². The Morgan fingerprint density at radius 2 is 1.63 bits per heavy atom. The SMILES string of the molecule is CC(C)Oc1ccc(C=C(CNC(=O)OC(C)(C)C)B2OC(C)(C)C(C)(C)O2)cc1. The van der Waals surface area contributed by atoms with Crippen molar-refractivity contribution in [3.8, 4) is 5.75 Å². The lowest BCUT2D eigenvalue weighted by molar-refractivity contribution is 0.00578. The average Bonchev–Trinajstić information content (AvgIpc) is 2.78. The van der Waals surface area contributed by atoms with Crippen LogP contribution < -0.4 is 10.1 Å². The first-order chi connectivity index (χ1) is 13.7. The van der Waals surface area contributed by atoms with Gasteiger partial charge in [0.15, 0.2) is 0 Å². The van der Waals surface area contributed by atoms with Gasteiger partial charge in [-0.05, 0) is 85.5 Å². The molecule has 166 valence electrons. The average molecular weight is 417 g/mol. The van der Waals surface area contributed by atoms with E-state index in [1.54, 1.807) is 0 Å². The minimum absolute atomic E-state index is 0.115. The number of benzene rings is 1. The summed E-state index contributed by atoms with van der Waals surface area (Å²) in [5.41, 5.74) is 0.249. The van der Waals surface area contributed by atoms with Crippen LogP contribution in [0.2, 0.25) is 0 Å². The minimum atomic E-state index is -0.573. The number of hydrogen-bond acceptors (Lipinski definition) is 5. The van der Waals surface area contributed by atoms with E-state index in [0.717, 1.165) is 16.8 Å². The third-order valence-electron chi connectivity index (χ3n) is 5.00. The van der Waals surface area contributed by atoms with Gasteiger partial charge in [-0.2, -0.15) is 0 Å². The number of carbonyl (C=O) groups is 1. The molecular formula is C23H36BNO5. The molecule has 1 aromatic rings. The van der Waals surface area contributed by atoms with Crippen molar-refractivity contribution in [2.45, 2.75) is 85.2 Å². The quantitative estimate of drug-likeness (QED) is 0.659. The summed E-state index contributed by atoms with van der Waals surface area (Å²) in [7, 11) is -0.573. The number of alkyl carbamates (subject to hydrolysis) is 1. The van der Waals surface area contributed by atoms with Crippen molar-refractivity contribution in [3.05, 3.63) is 35.3 Å². The molecule has 1 aliphatic heterocycles. The second-order valence-electron chi connectivity index (χ2n) is 9.90. The van der Waals surface area contributed by atoms with Crippen LogP contribution in [-0.4, -0.2) is 42.7 Å². The van der Waals surface area contributed by atoms with Crippen LogP contribution in [0.3, 0.4) is 0 Å². The molecule has 1 fully saturated rings. The Hall–Kier alpha value is -1.99. The standard InChI is InChI=1S/C23H36BNO5/c1-16(2)27-19-12-10-17(11-13-19)14-18(15-25-20(26)28-21(3,4)5)24-29-22(6,7)23(8,9)30-24/h10-14,16H,15H2,1-9H3,(H,25,26). The lowest BCUT2D eigenvalue weighted by atomic mass is 9.77. The summed E-state index contributed by atoms with van der Waals surface area (Å²) in [6.45, 7) is 17.7. The Labute approximate surface area is 181 Å². The van der Waals surface area contributed by atoms with E-state index >= 15 is 0 Å². The number of rotatable bonds is 6. The van der Waals surface area contributed by atoms with Crippen molar-refractivity contribution in [2.75, 3.05) is 6.54 Å². The molecule has 0 radical (unpaired) electrons. The molecule has 30 heavy (non-hydrogen) atoms. The van der Waals surface area contributed by atoms with E-state index in [-0.39, 0.29) is 12.6 Å². The summed E-state index contributed by atoms with van der Waals surface area (Å²) in [5, 5.41) is 2.81. The monoisotopic (exact) mass is 417 g/mol. The highest BCUT2D eigenvalue weighted by Crippen LogP contribution is 2.38. The van der Waals surface area contributed by atoms with Crippen molar-refractivity contribution in [2.24, 2.45) is 0 Å². The maximum atomic E-state index is 12.2. The highest BCUT2D eigenvalue weighted by atomic mass is 16.7. The molecule has 1 aliphatic rings. The van der Waals surface area contributed by atoms with Gasteiger partial charge >= 0.3 is 13.2 Å². The molecule has 0 atom stereocenters. The first-order valence-corrected chi connectivity index (χ1v) is 10.5. The van der Waals surface area contributed by atoms with Crippen LogP contribution in [0.5, 0.6) is 5.75 Å². The van der Waals surface area contributed by atoms with E-state index in [9.17, 15) is 4.79 Å². The fourth-order valence-electron chi connectivity index (χ4n) is 2.81. The molecular weight excluding hydrogens is 381 g/mol. The Balaban J connectivity index is 2.23. The second-order valence-corrected chi connectivity index (χ2v) is 9.90. The normalized spacial score (nSPS) is 18.5. The van der Waals surface area contributed by atoms with Crippen molar-refractivity contribution >= 4 is 19.3 Å². The summed E-state index contributed by atoms with van der Waals surface area (Å²) in [6, 6.07) is 7.79. The number of ether oxygens (including phenoxy) is 2. The molecule has 6 nitrogen and oxygen atoms in total. The van der Waals surface area contributed by atoms with Crippen molar-refractivity contribution in [1.82, 2.24) is 5.32 Å². The molecule has 1 aromatic carbocycles. The van der Waals surface area contributed by atoms with Gasteiger partial charge in [0.1, 0.15) is 11.4 Å². The predicted molar refractivity (Wildman–Crippen MR) is 121 cm³/mol. The van der Waals surface area contributed by atoms with Gasteiger partial charge in [0.2, 0.25) is 0 Å². The van der Waals surface area contributed by atoms with Crippen LogP contribution in [0.15, 0.2) is 29.7 Å². The lowest BCUT2D eigenvalue weighted by Crippen LogP contribution is -2.41. The van der Waals surface area contributed by atoms with Gasteiger partial charge in [-0.1, -0.05) is 18.2 Å². The molecule has 1 saturated heterocycles. The molecule has 1 N–H and O–H groups in total. The summed E-state index contributed by atoms with van der Waals surface area (Å²) >= 11 is 0. The molecule has 0 spiro atoms. The Morgan fingerprint density at radius 1 is 1.10 bits per heavy atom. The molecule has 7 heteroatoms. The van der Waals surface area contributed by atoms with E-state index < -0.39 is 30.0 Å². The first-order valence-electron chi connectivity index (χ1n) is 10.5. The predicted octanol–water partition coefficient (Wildman–Crippen LogP) is 5.01. The first kappa shape index (κ1) is 24.3. The van der Waals surface area contributed by atoms with Crippen LogP contribution in [0.25, 0.3) is 6.08 Å². The highest BCUT2D eigenvalue weighted by Gasteiger charge is 2.52. The van der Waals surface area contributed by atoms with Gasteiger partial charge in [-0.25, -0.2) is 4.79 Å². The van der Waals surface area contributed by atoms with E-state index in [4.69, 9.17) is 18.8 Å². The summed E-state index contributed by atoms with van der Waals surface area (Å²) in [5.74, 6) is 0.811. The Morgan fingerprint density at radius 3 is 2.10 bits per heavy atom. The number of carbonyl (C=O) groups excluding carboxylic acids is 1. The molecule has 0 aromatic heterocycles. The third-order valence-corrected chi connectivity index (χ3v) is 5.00. The van der Waals surface area contributed by atoms with Crippen LogP contribution in [-0.2, 0) is 14.0 Å². The zero-order valence-corrected chi connectivity index (χ0v) is 19.8. The fraction of sp³-hybridized carbons (Fsp3) is 0.609. The lowest BCUT2D eigenvalue weighted by Gasteiger charge is -2.32. The van der Waals surface area contributed by atoms with Crippen LogP contribution in [0.1, 0.15) is 67.9 Å². The Bertz CT molecular complexity index is 747. The molecule has 2 rings (SSSR count). The van der Waals surface area contributed by atoms with Crippen LogP contribution in [0.4, 0.5) is 4.79 Å². The Kier molecular flexibility index (Phi) is 7.30. The number of nitrogens with one attached hydrogen (secondary N) is 1. The third kappa shape index (κ3) is 6.78. The van der Waals surface area contributed by atoms with Gasteiger partial charge in [-0.15, -0.1) is 0 Å². The zero-order chi connectivity index (χ0) is 22.7. The van der Waals surface area contributed by atoms with Crippen molar-refractivity contribution < 1.29 is 23.6 Å². The van der Waals surface area contributed by atoms with E-state index in [0.29, 0.717) is 0 Å². The van der Waals surface area contributed by atoms with Gasteiger partial charge in [0, 0.05) is 6.54 Å². The molecule has 0 saturated carbocycles. The molecule has 0 unspecified atom stereocenters. The largest absolute Gasteiger partial charge is 0.492 e. The maximum Gasteiger partial charge on any atom is 0.492 e. The smallest absolute Gasteiger partial charge is 0.491 e. The summed E-state index contributed by atoms with van der Waals surface area (Å²) < 4.78 is 23.5. The maximum absolute atomic E-state index is 12.2. The fourth-order valence-corrected chi connectivity index (χ4v) is 2.81. The summed E-state index contributed by atoms with van der Waals surface area (Å²) in [6.07, 6.45) is 1.61. The van der Waals surface area contributed by atoms with E-state index in [1.165, 1.54) is 0 Å². The van der Waals surface area contributed by atoms with Gasteiger partial charge in [0.05, 0.1) is 17.3 Å². The van der Waals surface area contributed by atoms with Crippen molar-refractivity contribution in [1.29, 1.82) is 0 Å². The van der Waals surface area contributed by atoms with Crippen LogP contribution in [0, 0.1) is 0 Å². The highest BCUT2D eigenvalue weighted by molar-refractivity contribution is 6.56. The zero-order valence-electron chi connectivity index (χ0n) is 19.8. The molecule has 1 amide bonds. The molecule has 0 bridgehead atoms. The molecule has 0 aliphatic carbocycles. The topological polar surface area (TPSA) is 66.0 Å².